The summed E-state index contributed by atoms with van der Waals surface area (Å²) in [5.41, 5.74) is 0. The van der Waals surface area contributed by atoms with Crippen molar-refractivity contribution in [2.75, 3.05) is 6.61 Å². The molecule has 2 aliphatic carbocycles. The predicted molar refractivity (Wildman–Crippen MR) is 45.3 cm³/mol. The minimum Gasteiger partial charge on any atom is -0.396 e. The number of rotatable bonds is 1. The van der Waals surface area contributed by atoms with Crippen molar-refractivity contribution >= 4 is 0 Å². The number of aliphatic hydroxyl groups excluding tert-OH is 1. The first-order valence-corrected chi connectivity index (χ1v) is 5.02. The fourth-order valence-corrected chi connectivity index (χ4v) is 3.11. The summed E-state index contributed by atoms with van der Waals surface area (Å²) in [6.07, 6.45) is 8.41. The number of hydrogen-bond acceptors (Lipinski definition) is 1. The fourth-order valence-electron chi connectivity index (χ4n) is 3.11. The Morgan fingerprint density at radius 3 is 1.64 bits per heavy atom. The van der Waals surface area contributed by atoms with Gasteiger partial charge in [-0.2, -0.15) is 0 Å². The molecule has 0 heterocycles. The van der Waals surface area contributed by atoms with Crippen molar-refractivity contribution in [1.29, 1.82) is 0 Å². The van der Waals surface area contributed by atoms with E-state index in [1.54, 1.807) is 0 Å². The molecule has 1 nitrogen and oxygen atoms in total. The van der Waals surface area contributed by atoms with Gasteiger partial charge in [0.15, 0.2) is 0 Å². The molecule has 0 aromatic carbocycles. The van der Waals surface area contributed by atoms with Gasteiger partial charge >= 0.3 is 0 Å². The van der Waals surface area contributed by atoms with Crippen molar-refractivity contribution in [2.45, 2.75) is 38.5 Å². The summed E-state index contributed by atoms with van der Waals surface area (Å²) in [7, 11) is 0. The molecule has 0 atom stereocenters. The van der Waals surface area contributed by atoms with E-state index in [2.05, 4.69) is 0 Å². The Bertz CT molecular complexity index is 111. The number of fused-ring (bicyclic) bond motifs is 2. The molecule has 0 aliphatic heterocycles. The van der Waals surface area contributed by atoms with E-state index in [0.29, 0.717) is 12.5 Å². The van der Waals surface area contributed by atoms with Crippen LogP contribution in [0.3, 0.4) is 0 Å². The van der Waals surface area contributed by atoms with Crippen molar-refractivity contribution in [1.82, 2.24) is 0 Å². The van der Waals surface area contributed by atoms with Crippen LogP contribution in [0, 0.1) is 17.8 Å². The van der Waals surface area contributed by atoms with Gasteiger partial charge < -0.3 is 5.11 Å². The fraction of sp³-hybridized carbons (Fsp3) is 1.00. The predicted octanol–water partition coefficient (Wildman–Crippen LogP) is 2.20. The third-order valence-corrected chi connectivity index (χ3v) is 3.72. The van der Waals surface area contributed by atoms with Crippen molar-refractivity contribution in [2.24, 2.45) is 17.8 Å². The van der Waals surface area contributed by atoms with Gasteiger partial charge in [0.25, 0.3) is 0 Å². The Labute approximate surface area is 68.8 Å². The van der Waals surface area contributed by atoms with Crippen LogP contribution in [0.4, 0.5) is 0 Å². The molecule has 1 heteroatoms. The van der Waals surface area contributed by atoms with Gasteiger partial charge in [-0.1, -0.05) is 38.5 Å². The van der Waals surface area contributed by atoms with Gasteiger partial charge in [0, 0.05) is 6.61 Å². The Morgan fingerprint density at radius 1 is 0.909 bits per heavy atom. The summed E-state index contributed by atoms with van der Waals surface area (Å²) in [5.74, 6) is 2.44. The molecule has 2 aliphatic rings. The summed E-state index contributed by atoms with van der Waals surface area (Å²) >= 11 is 0. The van der Waals surface area contributed by atoms with E-state index in [4.69, 9.17) is 0 Å². The maximum absolute atomic E-state index is 9.20. The van der Waals surface area contributed by atoms with Gasteiger partial charge in [-0.05, 0) is 17.8 Å². The molecule has 1 N–H and O–H groups in total. The molecule has 0 saturated heterocycles. The lowest BCUT2D eigenvalue weighted by Gasteiger charge is -2.41. The SMILES string of the molecule is OCC1C2CCCC1CCC2. The quantitative estimate of drug-likeness (QED) is 0.614. The Hall–Kier alpha value is -0.0400. The van der Waals surface area contributed by atoms with E-state index in [-0.39, 0.29) is 0 Å². The average Bonchev–Trinajstić information content (AvgIpc) is 2.03. The van der Waals surface area contributed by atoms with Crippen molar-refractivity contribution < 1.29 is 5.11 Å². The highest BCUT2D eigenvalue weighted by Gasteiger charge is 2.35. The molecule has 0 aromatic heterocycles. The third kappa shape index (κ3) is 1.31. The second-order valence-corrected chi connectivity index (χ2v) is 4.23. The van der Waals surface area contributed by atoms with E-state index in [0.717, 1.165) is 11.8 Å². The Kier molecular flexibility index (Phi) is 2.17. The van der Waals surface area contributed by atoms with Crippen LogP contribution in [0.5, 0.6) is 0 Å². The molecule has 2 rings (SSSR count). The van der Waals surface area contributed by atoms with Crippen molar-refractivity contribution in [3.05, 3.63) is 0 Å². The molecule has 0 amide bonds. The molecule has 11 heavy (non-hydrogen) atoms. The highest BCUT2D eigenvalue weighted by Crippen LogP contribution is 2.43. The topological polar surface area (TPSA) is 20.2 Å². The average molecular weight is 154 g/mol. The summed E-state index contributed by atoms with van der Waals surface area (Å²) in [4.78, 5) is 0. The Morgan fingerprint density at radius 2 is 1.36 bits per heavy atom. The molecule has 2 fully saturated rings. The lowest BCUT2D eigenvalue weighted by Crippen LogP contribution is -2.34. The molecule has 0 radical (unpaired) electrons. The number of hydrogen-bond donors (Lipinski definition) is 1. The van der Waals surface area contributed by atoms with Gasteiger partial charge in [0.2, 0.25) is 0 Å². The van der Waals surface area contributed by atoms with Crippen LogP contribution in [-0.2, 0) is 0 Å². The van der Waals surface area contributed by atoms with Crippen LogP contribution in [0.25, 0.3) is 0 Å². The maximum Gasteiger partial charge on any atom is 0.0464 e. The zero-order valence-electron chi connectivity index (χ0n) is 7.13. The van der Waals surface area contributed by atoms with Gasteiger partial charge in [0.1, 0.15) is 0 Å². The van der Waals surface area contributed by atoms with E-state index < -0.39 is 0 Å². The van der Waals surface area contributed by atoms with Crippen LogP contribution in [-0.4, -0.2) is 11.7 Å². The zero-order chi connectivity index (χ0) is 7.68. The first-order valence-electron chi connectivity index (χ1n) is 5.02. The molecule has 0 aromatic rings. The molecule has 0 spiro atoms. The summed E-state index contributed by atoms with van der Waals surface area (Å²) in [6.45, 7) is 0.454. The van der Waals surface area contributed by atoms with Gasteiger partial charge in [-0.3, -0.25) is 0 Å². The smallest absolute Gasteiger partial charge is 0.0464 e. The molecule has 64 valence electrons. The second kappa shape index (κ2) is 3.14. The Balaban J connectivity index is 2.04. The van der Waals surface area contributed by atoms with Crippen LogP contribution in [0.1, 0.15) is 38.5 Å². The minimum atomic E-state index is 0.454. The van der Waals surface area contributed by atoms with Crippen molar-refractivity contribution in [3.8, 4) is 0 Å². The summed E-state index contributed by atoms with van der Waals surface area (Å²) in [6, 6.07) is 0. The van der Waals surface area contributed by atoms with E-state index in [1.807, 2.05) is 0 Å². The van der Waals surface area contributed by atoms with E-state index in [1.165, 1.54) is 38.5 Å². The lowest BCUT2D eigenvalue weighted by molar-refractivity contribution is 0.0422. The van der Waals surface area contributed by atoms with Crippen LogP contribution in [0.2, 0.25) is 0 Å². The van der Waals surface area contributed by atoms with E-state index >= 15 is 0 Å². The lowest BCUT2D eigenvalue weighted by atomic mass is 9.65. The largest absolute Gasteiger partial charge is 0.396 e. The monoisotopic (exact) mass is 154 g/mol. The summed E-state index contributed by atoms with van der Waals surface area (Å²) < 4.78 is 0. The van der Waals surface area contributed by atoms with Gasteiger partial charge in [-0.15, -0.1) is 0 Å². The highest BCUT2D eigenvalue weighted by molar-refractivity contribution is 4.85. The highest BCUT2D eigenvalue weighted by atomic mass is 16.3. The third-order valence-electron chi connectivity index (χ3n) is 3.72. The van der Waals surface area contributed by atoms with E-state index in [9.17, 15) is 5.11 Å². The first-order chi connectivity index (χ1) is 5.42. The first kappa shape index (κ1) is 7.60. The normalized spacial score (nSPS) is 43.9. The molecular formula is C10H18O. The van der Waals surface area contributed by atoms with Crippen molar-refractivity contribution in [3.63, 3.8) is 0 Å². The number of aliphatic hydroxyl groups is 1. The van der Waals surface area contributed by atoms with Crippen LogP contribution in [0.15, 0.2) is 0 Å². The molecule has 0 unspecified atom stereocenters. The minimum absolute atomic E-state index is 0.454. The molecular weight excluding hydrogens is 136 g/mol. The van der Waals surface area contributed by atoms with Crippen LogP contribution >= 0.6 is 0 Å². The zero-order valence-corrected chi connectivity index (χ0v) is 7.13. The molecule has 2 saturated carbocycles. The maximum atomic E-state index is 9.20. The van der Waals surface area contributed by atoms with Gasteiger partial charge in [-0.25, -0.2) is 0 Å². The second-order valence-electron chi connectivity index (χ2n) is 4.23. The van der Waals surface area contributed by atoms with Gasteiger partial charge in [0.05, 0.1) is 0 Å². The van der Waals surface area contributed by atoms with Crippen LogP contribution < -0.4 is 0 Å². The molecule has 2 bridgehead atoms. The summed E-state index contributed by atoms with van der Waals surface area (Å²) in [5, 5.41) is 9.20. The standard InChI is InChI=1S/C10H18O/c11-7-10-8-3-1-4-9(10)6-2-5-8/h8-11H,1-7H2.